The summed E-state index contributed by atoms with van der Waals surface area (Å²) in [6.45, 7) is 6.94. The van der Waals surface area contributed by atoms with Crippen LogP contribution in [0.15, 0.2) is 12.1 Å². The van der Waals surface area contributed by atoms with Crippen LogP contribution in [-0.2, 0) is 0 Å². The fourth-order valence-electron chi connectivity index (χ4n) is 1.49. The van der Waals surface area contributed by atoms with Gasteiger partial charge in [0.25, 0.3) is 0 Å². The van der Waals surface area contributed by atoms with E-state index in [4.69, 9.17) is 0 Å². The Hall–Kier alpha value is -0.195. The third kappa shape index (κ3) is 5.12. The van der Waals surface area contributed by atoms with E-state index in [9.17, 15) is 0 Å². The Labute approximate surface area is 72.5 Å². The Morgan fingerprint density at radius 2 is 2.00 bits per heavy atom. The molecule has 0 amide bonds. The topological polar surface area (TPSA) is 0 Å². The molecule has 0 aliphatic carbocycles. The van der Waals surface area contributed by atoms with Crippen LogP contribution in [0.4, 0.5) is 0 Å². The Morgan fingerprint density at radius 1 is 1.36 bits per heavy atom. The van der Waals surface area contributed by atoms with Gasteiger partial charge in [0.2, 0.25) is 0 Å². The molecule has 0 nitrogen and oxygen atoms in total. The average Bonchev–Trinajstić information content (AvgIpc) is 1.97. The molecule has 1 heteroatoms. The maximum absolute atomic E-state index is 2.32. The van der Waals surface area contributed by atoms with Crippen LogP contribution in [0.2, 0.25) is 0 Å². The molecule has 0 heterocycles. The highest BCUT2D eigenvalue weighted by Gasteiger charge is 2.08. The van der Waals surface area contributed by atoms with Crippen molar-refractivity contribution in [2.24, 2.45) is 11.8 Å². The van der Waals surface area contributed by atoms with Crippen LogP contribution in [0, 0.1) is 11.8 Å². The van der Waals surface area contributed by atoms with Gasteiger partial charge in [0.15, 0.2) is 0 Å². The van der Waals surface area contributed by atoms with Gasteiger partial charge in [-0.1, -0.05) is 33.3 Å². The van der Waals surface area contributed by atoms with Gasteiger partial charge in [0.05, 0.1) is 0 Å². The molecule has 64 valence electrons. The largest absolute Gasteiger partial charge is 0.129 e. The molecule has 0 aliphatic rings. The van der Waals surface area contributed by atoms with Crippen LogP contribution in [-0.4, -0.2) is 7.85 Å². The lowest BCUT2D eigenvalue weighted by Crippen LogP contribution is -2.06. The summed E-state index contributed by atoms with van der Waals surface area (Å²) in [5.74, 6) is 3.92. The van der Waals surface area contributed by atoms with Crippen molar-refractivity contribution in [3.63, 3.8) is 0 Å². The molecule has 0 aliphatic heterocycles. The van der Waals surface area contributed by atoms with Gasteiger partial charge in [-0.2, -0.15) is 0 Å². The van der Waals surface area contributed by atoms with Gasteiger partial charge in [-0.15, -0.1) is 5.98 Å². The SMILES string of the molecule is B/C=C\CCC(CC)C(C)C. The third-order valence-corrected chi connectivity index (χ3v) is 2.41. The lowest BCUT2D eigenvalue weighted by atomic mass is 9.89. The van der Waals surface area contributed by atoms with Gasteiger partial charge in [-0.25, -0.2) is 0 Å². The maximum Gasteiger partial charge on any atom is 0.129 e. The molecular weight excluding hydrogens is 131 g/mol. The fraction of sp³-hybridized carbons (Fsp3) is 0.800. The van der Waals surface area contributed by atoms with E-state index < -0.39 is 0 Å². The van der Waals surface area contributed by atoms with Crippen molar-refractivity contribution in [3.05, 3.63) is 12.1 Å². The van der Waals surface area contributed by atoms with Crippen molar-refractivity contribution in [1.29, 1.82) is 0 Å². The first-order valence-corrected chi connectivity index (χ1v) is 4.83. The first-order chi connectivity index (χ1) is 5.22. The van der Waals surface area contributed by atoms with Crippen LogP contribution >= 0.6 is 0 Å². The van der Waals surface area contributed by atoms with Crippen molar-refractivity contribution in [3.8, 4) is 0 Å². The van der Waals surface area contributed by atoms with Crippen LogP contribution in [0.3, 0.4) is 0 Å². The fourth-order valence-corrected chi connectivity index (χ4v) is 1.49. The molecule has 11 heavy (non-hydrogen) atoms. The Kier molecular flexibility index (Phi) is 6.40. The molecule has 0 radical (unpaired) electrons. The summed E-state index contributed by atoms with van der Waals surface area (Å²) in [6, 6.07) is 0. The second kappa shape index (κ2) is 6.51. The average molecular weight is 152 g/mol. The summed E-state index contributed by atoms with van der Waals surface area (Å²) in [6.07, 6.45) is 6.21. The number of allylic oxidation sites excluding steroid dienone is 1. The van der Waals surface area contributed by atoms with E-state index in [0.29, 0.717) is 0 Å². The minimum Gasteiger partial charge on any atom is -0.128 e. The zero-order valence-electron chi connectivity index (χ0n) is 8.43. The van der Waals surface area contributed by atoms with Crippen molar-refractivity contribution in [1.82, 2.24) is 0 Å². The smallest absolute Gasteiger partial charge is 0.128 e. The molecule has 0 aromatic heterocycles. The molecule has 0 spiro atoms. The molecular formula is C10H21B. The standard InChI is InChI=1S/C10H21B/c1-4-10(9(2)3)7-5-6-8-11/h6,8-10H,4-5,7,11H2,1-3H3/b8-6-. The monoisotopic (exact) mass is 152 g/mol. The number of rotatable bonds is 5. The summed E-state index contributed by atoms with van der Waals surface area (Å²) >= 11 is 0. The third-order valence-electron chi connectivity index (χ3n) is 2.41. The molecule has 0 bridgehead atoms. The van der Waals surface area contributed by atoms with Crippen LogP contribution in [0.1, 0.15) is 40.0 Å². The molecule has 0 saturated heterocycles. The summed E-state index contributed by atoms with van der Waals surface area (Å²) in [7, 11) is 2.09. The lowest BCUT2D eigenvalue weighted by Gasteiger charge is -2.17. The van der Waals surface area contributed by atoms with Crippen molar-refractivity contribution < 1.29 is 0 Å². The number of hydrogen-bond acceptors (Lipinski definition) is 0. The zero-order valence-corrected chi connectivity index (χ0v) is 8.43. The summed E-state index contributed by atoms with van der Waals surface area (Å²) in [5.41, 5.74) is 0. The van der Waals surface area contributed by atoms with Crippen molar-refractivity contribution in [2.45, 2.75) is 40.0 Å². The van der Waals surface area contributed by atoms with E-state index in [2.05, 4.69) is 40.7 Å². The molecule has 0 N–H and O–H groups in total. The predicted molar refractivity (Wildman–Crippen MR) is 55.5 cm³/mol. The van der Waals surface area contributed by atoms with E-state index in [1.54, 1.807) is 0 Å². The van der Waals surface area contributed by atoms with Gasteiger partial charge in [0.1, 0.15) is 7.85 Å². The summed E-state index contributed by atoms with van der Waals surface area (Å²) in [4.78, 5) is 0. The van der Waals surface area contributed by atoms with Crippen LogP contribution in [0.25, 0.3) is 0 Å². The highest BCUT2D eigenvalue weighted by Crippen LogP contribution is 2.20. The highest BCUT2D eigenvalue weighted by atomic mass is 14.1. The van der Waals surface area contributed by atoms with Gasteiger partial charge < -0.3 is 0 Å². The van der Waals surface area contributed by atoms with Crippen LogP contribution in [0.5, 0.6) is 0 Å². The van der Waals surface area contributed by atoms with Crippen LogP contribution < -0.4 is 0 Å². The van der Waals surface area contributed by atoms with Gasteiger partial charge in [-0.05, 0) is 24.7 Å². The quantitative estimate of drug-likeness (QED) is 0.531. The summed E-state index contributed by atoms with van der Waals surface area (Å²) in [5, 5.41) is 0. The Morgan fingerprint density at radius 3 is 2.36 bits per heavy atom. The summed E-state index contributed by atoms with van der Waals surface area (Å²) < 4.78 is 0. The molecule has 0 aromatic carbocycles. The maximum atomic E-state index is 2.32. The van der Waals surface area contributed by atoms with Gasteiger partial charge in [0, 0.05) is 0 Å². The number of hydrogen-bond donors (Lipinski definition) is 0. The second-order valence-electron chi connectivity index (χ2n) is 3.56. The minimum atomic E-state index is 0.852. The molecule has 1 unspecified atom stereocenters. The van der Waals surface area contributed by atoms with E-state index in [1.807, 2.05) is 0 Å². The molecule has 0 fully saturated rings. The predicted octanol–water partition coefficient (Wildman–Crippen LogP) is 2.60. The molecule has 0 rings (SSSR count). The molecule has 0 saturated carbocycles. The van der Waals surface area contributed by atoms with Crippen molar-refractivity contribution in [2.75, 3.05) is 0 Å². The lowest BCUT2D eigenvalue weighted by molar-refractivity contribution is 0.351. The normalized spacial score (nSPS) is 14.5. The molecule has 0 aromatic rings. The Bertz CT molecular complexity index is 105. The minimum absolute atomic E-state index is 0.852. The molecule has 1 atom stereocenters. The second-order valence-corrected chi connectivity index (χ2v) is 3.56. The van der Waals surface area contributed by atoms with E-state index >= 15 is 0 Å². The first-order valence-electron chi connectivity index (χ1n) is 4.83. The van der Waals surface area contributed by atoms with Crippen molar-refractivity contribution >= 4 is 7.85 Å². The van der Waals surface area contributed by atoms with Gasteiger partial charge in [-0.3, -0.25) is 0 Å². The zero-order chi connectivity index (χ0) is 8.69. The van der Waals surface area contributed by atoms with E-state index in [0.717, 1.165) is 11.8 Å². The van der Waals surface area contributed by atoms with E-state index in [1.165, 1.54) is 19.3 Å². The van der Waals surface area contributed by atoms with E-state index in [-0.39, 0.29) is 0 Å². The Balaban J connectivity index is 3.52. The first kappa shape index (κ1) is 10.8. The highest BCUT2D eigenvalue weighted by molar-refractivity contribution is 6.16. The van der Waals surface area contributed by atoms with Gasteiger partial charge >= 0.3 is 0 Å².